The molecule has 0 bridgehead atoms. The van der Waals surface area contributed by atoms with Crippen LogP contribution in [0.15, 0.2) is 0 Å². The van der Waals surface area contributed by atoms with E-state index in [4.69, 9.17) is 0 Å². The lowest BCUT2D eigenvalue weighted by Gasteiger charge is -2.08. The molecule has 0 N–H and O–H groups in total. The standard InChI is InChI=1S/C14H29Br/c1-3-5-7-8-9-11-13-14(15)12-10-6-4-2/h14H,3-13H2,1-2H3. The Morgan fingerprint density at radius 1 is 0.667 bits per heavy atom. The van der Waals surface area contributed by atoms with Crippen LogP contribution in [-0.4, -0.2) is 4.83 Å². The van der Waals surface area contributed by atoms with Gasteiger partial charge in [-0.2, -0.15) is 0 Å². The van der Waals surface area contributed by atoms with Gasteiger partial charge in [0.25, 0.3) is 0 Å². The summed E-state index contributed by atoms with van der Waals surface area (Å²) in [5.41, 5.74) is 0. The monoisotopic (exact) mass is 276 g/mol. The second-order valence-corrected chi connectivity index (χ2v) is 5.94. The van der Waals surface area contributed by atoms with Gasteiger partial charge in [0.1, 0.15) is 0 Å². The molecule has 0 nitrogen and oxygen atoms in total. The minimum absolute atomic E-state index is 0.787. The molecular weight excluding hydrogens is 248 g/mol. The van der Waals surface area contributed by atoms with Crippen LogP contribution in [0.1, 0.15) is 84.5 Å². The Balaban J connectivity index is 3.06. The molecule has 1 atom stereocenters. The summed E-state index contributed by atoms with van der Waals surface area (Å²) in [6.07, 6.45) is 15.5. The van der Waals surface area contributed by atoms with Gasteiger partial charge in [-0.1, -0.05) is 87.6 Å². The molecule has 0 aliphatic carbocycles. The quantitative estimate of drug-likeness (QED) is 0.317. The lowest BCUT2D eigenvalue weighted by atomic mass is 10.1. The molecule has 1 unspecified atom stereocenters. The van der Waals surface area contributed by atoms with E-state index in [-0.39, 0.29) is 0 Å². The van der Waals surface area contributed by atoms with E-state index in [1.165, 1.54) is 70.6 Å². The van der Waals surface area contributed by atoms with Gasteiger partial charge in [0.15, 0.2) is 0 Å². The molecule has 0 aromatic carbocycles. The van der Waals surface area contributed by atoms with Crippen LogP contribution in [-0.2, 0) is 0 Å². The van der Waals surface area contributed by atoms with E-state index in [1.54, 1.807) is 0 Å². The van der Waals surface area contributed by atoms with Crippen molar-refractivity contribution in [2.75, 3.05) is 0 Å². The summed E-state index contributed by atoms with van der Waals surface area (Å²) in [6.45, 7) is 4.55. The normalized spacial score (nSPS) is 13.0. The third kappa shape index (κ3) is 12.4. The van der Waals surface area contributed by atoms with Crippen LogP contribution in [0.25, 0.3) is 0 Å². The first-order valence-electron chi connectivity index (χ1n) is 6.95. The Morgan fingerprint density at radius 2 is 1.07 bits per heavy atom. The summed E-state index contributed by atoms with van der Waals surface area (Å²) in [4.78, 5) is 0.787. The summed E-state index contributed by atoms with van der Waals surface area (Å²) in [5, 5.41) is 0. The zero-order valence-electron chi connectivity index (χ0n) is 10.7. The van der Waals surface area contributed by atoms with Gasteiger partial charge in [0.05, 0.1) is 0 Å². The van der Waals surface area contributed by atoms with Crippen molar-refractivity contribution in [2.24, 2.45) is 0 Å². The fourth-order valence-electron chi connectivity index (χ4n) is 1.91. The van der Waals surface area contributed by atoms with Crippen LogP contribution < -0.4 is 0 Å². The SMILES string of the molecule is CCCCCCCCC(Br)CCCCC. The third-order valence-corrected chi connectivity index (χ3v) is 3.91. The summed E-state index contributed by atoms with van der Waals surface area (Å²) < 4.78 is 0. The first-order chi connectivity index (χ1) is 7.31. The van der Waals surface area contributed by atoms with Gasteiger partial charge in [0.2, 0.25) is 0 Å². The van der Waals surface area contributed by atoms with Crippen molar-refractivity contribution in [3.05, 3.63) is 0 Å². The van der Waals surface area contributed by atoms with Gasteiger partial charge < -0.3 is 0 Å². The van der Waals surface area contributed by atoms with Crippen molar-refractivity contribution >= 4 is 15.9 Å². The van der Waals surface area contributed by atoms with Gasteiger partial charge in [-0.25, -0.2) is 0 Å². The molecule has 0 aromatic heterocycles. The van der Waals surface area contributed by atoms with Crippen LogP contribution in [0.3, 0.4) is 0 Å². The maximum Gasteiger partial charge on any atom is 0.0145 e. The topological polar surface area (TPSA) is 0 Å². The largest absolute Gasteiger partial charge is 0.0891 e. The lowest BCUT2D eigenvalue weighted by Crippen LogP contribution is -1.97. The molecule has 0 spiro atoms. The van der Waals surface area contributed by atoms with Gasteiger partial charge in [-0.3, -0.25) is 0 Å². The maximum atomic E-state index is 3.79. The zero-order chi connectivity index (χ0) is 11.4. The van der Waals surface area contributed by atoms with E-state index in [2.05, 4.69) is 29.8 Å². The van der Waals surface area contributed by atoms with Crippen molar-refractivity contribution < 1.29 is 0 Å². The van der Waals surface area contributed by atoms with E-state index in [1.807, 2.05) is 0 Å². The second kappa shape index (κ2) is 12.5. The van der Waals surface area contributed by atoms with E-state index < -0.39 is 0 Å². The molecule has 0 saturated carbocycles. The van der Waals surface area contributed by atoms with Crippen LogP contribution >= 0.6 is 15.9 Å². The molecule has 0 aliphatic rings. The molecule has 0 amide bonds. The van der Waals surface area contributed by atoms with E-state index in [9.17, 15) is 0 Å². The average molecular weight is 277 g/mol. The zero-order valence-corrected chi connectivity index (χ0v) is 12.3. The smallest absolute Gasteiger partial charge is 0.0145 e. The summed E-state index contributed by atoms with van der Waals surface area (Å²) >= 11 is 3.79. The molecule has 0 heterocycles. The highest BCUT2D eigenvalue weighted by Crippen LogP contribution is 2.18. The molecule has 0 aliphatic heterocycles. The summed E-state index contributed by atoms with van der Waals surface area (Å²) in [5.74, 6) is 0. The second-order valence-electron chi connectivity index (χ2n) is 4.65. The highest BCUT2D eigenvalue weighted by atomic mass is 79.9. The van der Waals surface area contributed by atoms with Crippen molar-refractivity contribution in [1.82, 2.24) is 0 Å². The number of alkyl halides is 1. The Labute approximate surface area is 105 Å². The molecule has 0 saturated heterocycles. The molecule has 15 heavy (non-hydrogen) atoms. The van der Waals surface area contributed by atoms with Crippen molar-refractivity contribution in [1.29, 1.82) is 0 Å². The molecule has 1 heteroatoms. The highest BCUT2D eigenvalue weighted by molar-refractivity contribution is 9.09. The van der Waals surface area contributed by atoms with Crippen molar-refractivity contribution in [2.45, 2.75) is 89.3 Å². The van der Waals surface area contributed by atoms with Crippen molar-refractivity contribution in [3.63, 3.8) is 0 Å². The van der Waals surface area contributed by atoms with E-state index in [0.29, 0.717) is 0 Å². The van der Waals surface area contributed by atoms with Crippen LogP contribution in [0.2, 0.25) is 0 Å². The summed E-state index contributed by atoms with van der Waals surface area (Å²) in [6, 6.07) is 0. The lowest BCUT2D eigenvalue weighted by molar-refractivity contribution is 0.559. The third-order valence-electron chi connectivity index (χ3n) is 2.99. The predicted octanol–water partition coefficient (Wildman–Crippen LogP) is 6.08. The predicted molar refractivity (Wildman–Crippen MR) is 74.9 cm³/mol. The van der Waals surface area contributed by atoms with Crippen molar-refractivity contribution in [3.8, 4) is 0 Å². The molecule has 0 radical (unpaired) electrons. The molecule has 92 valence electrons. The number of hydrogen-bond acceptors (Lipinski definition) is 0. The Bertz CT molecular complexity index is 112. The first kappa shape index (κ1) is 15.5. The van der Waals surface area contributed by atoms with Gasteiger partial charge in [-0.05, 0) is 12.8 Å². The van der Waals surface area contributed by atoms with E-state index in [0.717, 1.165) is 4.83 Å². The molecule has 0 aromatic rings. The summed E-state index contributed by atoms with van der Waals surface area (Å²) in [7, 11) is 0. The highest BCUT2D eigenvalue weighted by Gasteiger charge is 2.02. The number of hydrogen-bond donors (Lipinski definition) is 0. The van der Waals surface area contributed by atoms with Crippen LogP contribution in [0.4, 0.5) is 0 Å². The minimum Gasteiger partial charge on any atom is -0.0891 e. The van der Waals surface area contributed by atoms with Gasteiger partial charge in [-0.15, -0.1) is 0 Å². The van der Waals surface area contributed by atoms with E-state index >= 15 is 0 Å². The number of unbranched alkanes of at least 4 members (excludes halogenated alkanes) is 7. The average Bonchev–Trinajstić information content (AvgIpc) is 2.23. The number of halogens is 1. The fourth-order valence-corrected chi connectivity index (χ4v) is 2.55. The first-order valence-corrected chi connectivity index (χ1v) is 7.86. The molecule has 0 rings (SSSR count). The number of rotatable bonds is 11. The van der Waals surface area contributed by atoms with Gasteiger partial charge >= 0.3 is 0 Å². The Morgan fingerprint density at radius 3 is 1.67 bits per heavy atom. The Kier molecular flexibility index (Phi) is 13.0. The minimum atomic E-state index is 0.787. The fraction of sp³-hybridized carbons (Fsp3) is 1.00. The molecular formula is C14H29Br. The van der Waals surface area contributed by atoms with Gasteiger partial charge in [0, 0.05) is 4.83 Å². The van der Waals surface area contributed by atoms with Crippen LogP contribution in [0.5, 0.6) is 0 Å². The maximum absolute atomic E-state index is 3.79. The molecule has 0 fully saturated rings. The Hall–Kier alpha value is 0.480. The van der Waals surface area contributed by atoms with Crippen LogP contribution in [0, 0.1) is 0 Å².